The summed E-state index contributed by atoms with van der Waals surface area (Å²) in [5.41, 5.74) is 0.596. The Balaban J connectivity index is 1.70. The minimum Gasteiger partial charge on any atom is -0.378 e. The van der Waals surface area contributed by atoms with Gasteiger partial charge in [0.2, 0.25) is 5.91 Å². The SMILES string of the molecule is O=C(CCNCc1cc(Br)ccc1F)N1CCOCC1. The third-order valence-corrected chi connectivity index (χ3v) is 3.70. The average molecular weight is 345 g/mol. The fourth-order valence-electron chi connectivity index (χ4n) is 2.07. The van der Waals surface area contributed by atoms with Crippen LogP contribution in [-0.4, -0.2) is 43.7 Å². The van der Waals surface area contributed by atoms with Gasteiger partial charge in [0.15, 0.2) is 0 Å². The van der Waals surface area contributed by atoms with Crippen molar-refractivity contribution in [3.63, 3.8) is 0 Å². The number of ether oxygens (including phenoxy) is 1. The third-order valence-electron chi connectivity index (χ3n) is 3.20. The molecule has 0 unspecified atom stereocenters. The van der Waals surface area contributed by atoms with E-state index >= 15 is 0 Å². The Hall–Kier alpha value is -0.980. The Morgan fingerprint density at radius 1 is 1.40 bits per heavy atom. The molecule has 0 bridgehead atoms. The smallest absolute Gasteiger partial charge is 0.224 e. The highest BCUT2D eigenvalue weighted by Crippen LogP contribution is 2.15. The van der Waals surface area contributed by atoms with Crippen LogP contribution in [0.1, 0.15) is 12.0 Å². The average Bonchev–Trinajstić information content (AvgIpc) is 2.47. The summed E-state index contributed by atoms with van der Waals surface area (Å²) < 4.78 is 19.5. The molecule has 1 aliphatic heterocycles. The van der Waals surface area contributed by atoms with Crippen LogP contribution in [0.3, 0.4) is 0 Å². The molecule has 0 saturated carbocycles. The Labute approximate surface area is 126 Å². The molecule has 0 radical (unpaired) electrons. The van der Waals surface area contributed by atoms with E-state index in [1.165, 1.54) is 6.07 Å². The molecule has 0 atom stereocenters. The van der Waals surface area contributed by atoms with Crippen molar-refractivity contribution in [2.24, 2.45) is 0 Å². The lowest BCUT2D eigenvalue weighted by Gasteiger charge is -2.26. The summed E-state index contributed by atoms with van der Waals surface area (Å²) in [6, 6.07) is 4.84. The largest absolute Gasteiger partial charge is 0.378 e. The maximum atomic E-state index is 13.5. The minimum absolute atomic E-state index is 0.121. The van der Waals surface area contributed by atoms with Crippen LogP contribution in [0, 0.1) is 5.82 Å². The number of carbonyl (C=O) groups excluding carboxylic acids is 1. The molecular weight excluding hydrogens is 327 g/mol. The zero-order chi connectivity index (χ0) is 14.4. The predicted molar refractivity (Wildman–Crippen MR) is 77.8 cm³/mol. The summed E-state index contributed by atoms with van der Waals surface area (Å²) in [6.45, 7) is 3.52. The lowest BCUT2D eigenvalue weighted by atomic mass is 10.2. The molecule has 1 aromatic carbocycles. The second kappa shape index (κ2) is 7.71. The highest BCUT2D eigenvalue weighted by molar-refractivity contribution is 9.10. The van der Waals surface area contributed by atoms with Gasteiger partial charge in [-0.1, -0.05) is 15.9 Å². The van der Waals surface area contributed by atoms with Gasteiger partial charge in [0.1, 0.15) is 5.82 Å². The monoisotopic (exact) mass is 344 g/mol. The van der Waals surface area contributed by atoms with E-state index < -0.39 is 0 Å². The second-order valence-corrected chi connectivity index (χ2v) is 5.57. The normalized spacial score (nSPS) is 15.4. The standard InChI is InChI=1S/C14H18BrFN2O2/c15-12-1-2-13(16)11(9-12)10-17-4-3-14(19)18-5-7-20-8-6-18/h1-2,9,17H,3-8,10H2. The summed E-state index contributed by atoms with van der Waals surface area (Å²) >= 11 is 3.31. The highest BCUT2D eigenvalue weighted by atomic mass is 79.9. The van der Waals surface area contributed by atoms with E-state index in [2.05, 4.69) is 21.2 Å². The molecule has 2 rings (SSSR count). The van der Waals surface area contributed by atoms with Gasteiger partial charge in [-0.15, -0.1) is 0 Å². The fraction of sp³-hybridized carbons (Fsp3) is 0.500. The van der Waals surface area contributed by atoms with Gasteiger partial charge < -0.3 is 15.0 Å². The summed E-state index contributed by atoms with van der Waals surface area (Å²) in [5.74, 6) is -0.115. The van der Waals surface area contributed by atoms with Crippen molar-refractivity contribution in [3.8, 4) is 0 Å². The first kappa shape index (κ1) is 15.4. The van der Waals surface area contributed by atoms with Gasteiger partial charge in [0.05, 0.1) is 13.2 Å². The topological polar surface area (TPSA) is 41.6 Å². The van der Waals surface area contributed by atoms with Crippen LogP contribution in [0.5, 0.6) is 0 Å². The summed E-state index contributed by atoms with van der Waals surface area (Å²) in [7, 11) is 0. The second-order valence-electron chi connectivity index (χ2n) is 4.66. The fourth-order valence-corrected chi connectivity index (χ4v) is 2.48. The van der Waals surface area contributed by atoms with E-state index in [9.17, 15) is 9.18 Å². The Morgan fingerprint density at radius 3 is 2.90 bits per heavy atom. The van der Waals surface area contributed by atoms with E-state index in [-0.39, 0.29) is 11.7 Å². The van der Waals surface area contributed by atoms with Gasteiger partial charge in [-0.3, -0.25) is 4.79 Å². The Kier molecular flexibility index (Phi) is 5.94. The molecule has 110 valence electrons. The number of halogens is 2. The molecule has 1 saturated heterocycles. The first-order chi connectivity index (χ1) is 9.66. The van der Waals surface area contributed by atoms with Crippen molar-refractivity contribution in [3.05, 3.63) is 34.1 Å². The maximum Gasteiger partial charge on any atom is 0.224 e. The van der Waals surface area contributed by atoms with Crippen LogP contribution in [-0.2, 0) is 16.1 Å². The maximum absolute atomic E-state index is 13.5. The number of hydrogen-bond acceptors (Lipinski definition) is 3. The van der Waals surface area contributed by atoms with Gasteiger partial charge in [-0.25, -0.2) is 4.39 Å². The molecule has 1 aliphatic rings. The van der Waals surface area contributed by atoms with E-state index in [0.717, 1.165) is 4.47 Å². The van der Waals surface area contributed by atoms with Crippen LogP contribution in [0.2, 0.25) is 0 Å². The molecule has 1 amide bonds. The van der Waals surface area contributed by atoms with Crippen molar-refractivity contribution in [1.29, 1.82) is 0 Å². The zero-order valence-electron chi connectivity index (χ0n) is 11.2. The summed E-state index contributed by atoms with van der Waals surface area (Å²) in [4.78, 5) is 13.7. The van der Waals surface area contributed by atoms with Gasteiger partial charge in [-0.2, -0.15) is 0 Å². The van der Waals surface area contributed by atoms with Crippen molar-refractivity contribution in [1.82, 2.24) is 10.2 Å². The number of morpholine rings is 1. The molecule has 1 fully saturated rings. The van der Waals surface area contributed by atoms with Crippen LogP contribution in [0.25, 0.3) is 0 Å². The molecule has 1 heterocycles. The third kappa shape index (κ3) is 4.54. The molecule has 20 heavy (non-hydrogen) atoms. The lowest BCUT2D eigenvalue weighted by molar-refractivity contribution is -0.135. The van der Waals surface area contributed by atoms with Gasteiger partial charge in [0.25, 0.3) is 0 Å². The van der Waals surface area contributed by atoms with Gasteiger partial charge >= 0.3 is 0 Å². The number of nitrogens with one attached hydrogen (secondary N) is 1. The van der Waals surface area contributed by atoms with Crippen LogP contribution in [0.4, 0.5) is 4.39 Å². The molecule has 1 N–H and O–H groups in total. The van der Waals surface area contributed by atoms with Crippen molar-refractivity contribution in [2.75, 3.05) is 32.8 Å². The summed E-state index contributed by atoms with van der Waals surface area (Å²) in [5, 5.41) is 3.10. The minimum atomic E-state index is -0.236. The highest BCUT2D eigenvalue weighted by Gasteiger charge is 2.15. The molecular formula is C14H18BrFN2O2. The lowest BCUT2D eigenvalue weighted by Crippen LogP contribution is -2.41. The predicted octanol–water partition coefficient (Wildman–Crippen LogP) is 1.93. The van der Waals surface area contributed by atoms with Crippen LogP contribution in [0.15, 0.2) is 22.7 Å². The Morgan fingerprint density at radius 2 is 2.15 bits per heavy atom. The number of amides is 1. The van der Waals surface area contributed by atoms with Gasteiger partial charge in [-0.05, 0) is 18.2 Å². The molecule has 0 aromatic heterocycles. The molecule has 4 nitrogen and oxygen atoms in total. The quantitative estimate of drug-likeness (QED) is 0.830. The molecule has 6 heteroatoms. The molecule has 0 spiro atoms. The van der Waals surface area contributed by atoms with Crippen molar-refractivity contribution >= 4 is 21.8 Å². The van der Waals surface area contributed by atoms with Gasteiger partial charge in [0, 0.05) is 42.6 Å². The van der Waals surface area contributed by atoms with Crippen molar-refractivity contribution in [2.45, 2.75) is 13.0 Å². The number of carbonyl (C=O) groups is 1. The number of nitrogens with zero attached hydrogens (tertiary/aromatic N) is 1. The molecule has 1 aromatic rings. The first-order valence-corrected chi connectivity index (χ1v) is 7.46. The first-order valence-electron chi connectivity index (χ1n) is 6.67. The number of benzene rings is 1. The van der Waals surface area contributed by atoms with Crippen LogP contribution < -0.4 is 5.32 Å². The zero-order valence-corrected chi connectivity index (χ0v) is 12.8. The van der Waals surface area contributed by atoms with E-state index in [0.29, 0.717) is 51.4 Å². The number of rotatable bonds is 5. The number of hydrogen-bond donors (Lipinski definition) is 1. The van der Waals surface area contributed by atoms with E-state index in [1.54, 1.807) is 12.1 Å². The van der Waals surface area contributed by atoms with Crippen molar-refractivity contribution < 1.29 is 13.9 Å². The van der Waals surface area contributed by atoms with E-state index in [1.807, 2.05) is 4.90 Å². The van der Waals surface area contributed by atoms with Crippen LogP contribution >= 0.6 is 15.9 Å². The molecule has 0 aliphatic carbocycles. The van der Waals surface area contributed by atoms with E-state index in [4.69, 9.17) is 4.74 Å². The summed E-state index contributed by atoms with van der Waals surface area (Å²) in [6.07, 6.45) is 0.426. The Bertz CT molecular complexity index is 464.